The van der Waals surface area contributed by atoms with Crippen molar-refractivity contribution in [1.82, 2.24) is 4.72 Å². The number of benzene rings is 2. The van der Waals surface area contributed by atoms with Gasteiger partial charge in [0.25, 0.3) is 0 Å². The minimum Gasteiger partial charge on any atom is -0.496 e. The molecule has 0 radical (unpaired) electrons. The smallest absolute Gasteiger partial charge is 0.382 e. The summed E-state index contributed by atoms with van der Waals surface area (Å²) >= 11 is 0. The summed E-state index contributed by atoms with van der Waals surface area (Å²) in [5, 5.41) is 0. The van der Waals surface area contributed by atoms with Crippen LogP contribution < -0.4 is 13.6 Å². The molecule has 2 aromatic carbocycles. The number of nitrogens with one attached hydrogen (secondary N) is 1. The predicted octanol–water partition coefficient (Wildman–Crippen LogP) is 2.71. The lowest BCUT2D eigenvalue weighted by molar-refractivity contribution is 0.408. The highest BCUT2D eigenvalue weighted by molar-refractivity contribution is 7.85. The topological polar surface area (TPSA) is 64.6 Å². The van der Waals surface area contributed by atoms with E-state index in [0.717, 1.165) is 33.6 Å². The molecule has 1 aliphatic rings. The lowest BCUT2D eigenvalue weighted by Gasteiger charge is -2.21. The van der Waals surface area contributed by atoms with Gasteiger partial charge in [-0.15, -0.1) is 0 Å². The number of methoxy groups -OCH3 is 1. The Labute approximate surface area is 130 Å². The third-order valence-corrected chi connectivity index (χ3v) is 4.59. The van der Waals surface area contributed by atoms with Crippen LogP contribution in [0.3, 0.4) is 0 Å². The molecule has 1 N–H and O–H groups in total. The molecule has 0 saturated carbocycles. The molecule has 5 nitrogen and oxygen atoms in total. The second-order valence-electron chi connectivity index (χ2n) is 5.30. The summed E-state index contributed by atoms with van der Waals surface area (Å²) in [6.07, 6.45) is 0. The van der Waals surface area contributed by atoms with Crippen LogP contribution in [0.4, 0.5) is 0 Å². The Kier molecular flexibility index (Phi) is 3.58. The fraction of sp³-hybridized carbons (Fsp3) is 0.250. The van der Waals surface area contributed by atoms with Gasteiger partial charge in [0.2, 0.25) is 0 Å². The minimum atomic E-state index is -3.73. The molecule has 1 aliphatic heterocycles. The molecular weight excluding hydrogens is 302 g/mol. The average Bonchev–Trinajstić information content (AvgIpc) is 2.45. The van der Waals surface area contributed by atoms with Gasteiger partial charge in [0.1, 0.15) is 5.75 Å². The summed E-state index contributed by atoms with van der Waals surface area (Å²) in [5.74, 6) is 1.23. The molecule has 1 heterocycles. The standard InChI is InChI=1S/C16H17NO4S/c1-10-7-13(8-11(2)15(10)20-3)14-6-4-5-12-9-17-22(18,19)21-16(12)14/h4-8,17H,9H2,1-3H3. The molecule has 0 unspecified atom stereocenters. The fourth-order valence-electron chi connectivity index (χ4n) is 2.78. The van der Waals surface area contributed by atoms with E-state index in [9.17, 15) is 8.42 Å². The van der Waals surface area contributed by atoms with Crippen LogP contribution in [0.1, 0.15) is 16.7 Å². The fourth-order valence-corrected chi connectivity index (χ4v) is 3.59. The van der Waals surface area contributed by atoms with Crippen LogP contribution in [0.2, 0.25) is 0 Å². The van der Waals surface area contributed by atoms with Crippen molar-refractivity contribution in [2.45, 2.75) is 20.4 Å². The highest BCUT2D eigenvalue weighted by Gasteiger charge is 2.25. The zero-order valence-electron chi connectivity index (χ0n) is 12.6. The highest BCUT2D eigenvalue weighted by atomic mass is 32.2. The normalized spacial score (nSPS) is 15.8. The third kappa shape index (κ3) is 2.55. The monoisotopic (exact) mass is 319 g/mol. The third-order valence-electron chi connectivity index (χ3n) is 3.70. The van der Waals surface area contributed by atoms with Gasteiger partial charge in [-0.2, -0.15) is 13.1 Å². The van der Waals surface area contributed by atoms with Crippen LogP contribution >= 0.6 is 0 Å². The summed E-state index contributed by atoms with van der Waals surface area (Å²) in [5.41, 5.74) is 4.47. The van der Waals surface area contributed by atoms with Crippen molar-refractivity contribution in [3.8, 4) is 22.6 Å². The van der Waals surface area contributed by atoms with Crippen molar-refractivity contribution in [2.24, 2.45) is 0 Å². The quantitative estimate of drug-likeness (QED) is 0.924. The van der Waals surface area contributed by atoms with E-state index >= 15 is 0 Å². The molecule has 0 bridgehead atoms. The number of fused-ring (bicyclic) bond motifs is 1. The molecule has 0 amide bonds. The maximum absolute atomic E-state index is 11.7. The molecule has 0 fully saturated rings. The van der Waals surface area contributed by atoms with E-state index in [4.69, 9.17) is 8.92 Å². The van der Waals surface area contributed by atoms with Gasteiger partial charge in [-0.25, -0.2) is 0 Å². The Bertz CT molecular complexity index is 820. The molecule has 3 rings (SSSR count). The van der Waals surface area contributed by atoms with Crippen molar-refractivity contribution in [3.63, 3.8) is 0 Å². The van der Waals surface area contributed by atoms with Crippen LogP contribution in [0.15, 0.2) is 30.3 Å². The number of ether oxygens (including phenoxy) is 1. The van der Waals surface area contributed by atoms with E-state index in [-0.39, 0.29) is 6.54 Å². The van der Waals surface area contributed by atoms with Gasteiger partial charge >= 0.3 is 10.3 Å². The Morgan fingerprint density at radius 3 is 2.50 bits per heavy atom. The summed E-state index contributed by atoms with van der Waals surface area (Å²) in [6, 6.07) is 9.55. The summed E-state index contributed by atoms with van der Waals surface area (Å²) in [4.78, 5) is 0. The van der Waals surface area contributed by atoms with Crippen LogP contribution in [-0.4, -0.2) is 15.5 Å². The minimum absolute atomic E-state index is 0.236. The maximum Gasteiger partial charge on any atom is 0.382 e. The number of aryl methyl sites for hydroxylation is 2. The summed E-state index contributed by atoms with van der Waals surface area (Å²) in [6.45, 7) is 4.16. The molecule has 0 atom stereocenters. The van der Waals surface area contributed by atoms with Gasteiger partial charge in [-0.05, 0) is 42.7 Å². The van der Waals surface area contributed by atoms with Crippen molar-refractivity contribution < 1.29 is 17.3 Å². The molecule has 6 heteroatoms. The van der Waals surface area contributed by atoms with Gasteiger partial charge in [0, 0.05) is 17.7 Å². The zero-order valence-corrected chi connectivity index (χ0v) is 13.5. The number of hydrogen-bond acceptors (Lipinski definition) is 4. The van der Waals surface area contributed by atoms with Gasteiger partial charge < -0.3 is 8.92 Å². The lowest BCUT2D eigenvalue weighted by Crippen LogP contribution is -2.32. The maximum atomic E-state index is 11.7. The molecule has 2 aromatic rings. The SMILES string of the molecule is COc1c(C)cc(-c2cccc3c2OS(=O)(=O)NC3)cc1C. The largest absolute Gasteiger partial charge is 0.496 e. The molecule has 0 spiro atoms. The molecule has 0 aliphatic carbocycles. The van der Waals surface area contributed by atoms with Crippen molar-refractivity contribution in [1.29, 1.82) is 0 Å². The first-order valence-corrected chi connectivity index (χ1v) is 8.28. The number of rotatable bonds is 2. The van der Waals surface area contributed by atoms with Crippen LogP contribution in [0.25, 0.3) is 11.1 Å². The van der Waals surface area contributed by atoms with E-state index in [1.54, 1.807) is 7.11 Å². The Hall–Kier alpha value is -2.05. The van der Waals surface area contributed by atoms with Gasteiger partial charge in [0.15, 0.2) is 5.75 Å². The highest BCUT2D eigenvalue weighted by Crippen LogP contribution is 2.38. The predicted molar refractivity (Wildman–Crippen MR) is 84.3 cm³/mol. The average molecular weight is 319 g/mol. The van der Waals surface area contributed by atoms with Gasteiger partial charge in [-0.1, -0.05) is 18.2 Å². The van der Waals surface area contributed by atoms with Gasteiger partial charge in [0.05, 0.1) is 7.11 Å². The summed E-state index contributed by atoms with van der Waals surface area (Å²) < 4.78 is 36.3. The zero-order chi connectivity index (χ0) is 15.9. The van der Waals surface area contributed by atoms with Crippen molar-refractivity contribution >= 4 is 10.3 Å². The van der Waals surface area contributed by atoms with E-state index in [2.05, 4.69) is 4.72 Å². The number of para-hydroxylation sites is 1. The second-order valence-corrected chi connectivity index (χ2v) is 6.66. The number of hydrogen-bond donors (Lipinski definition) is 1. The summed E-state index contributed by atoms with van der Waals surface area (Å²) in [7, 11) is -2.09. The van der Waals surface area contributed by atoms with Gasteiger partial charge in [-0.3, -0.25) is 0 Å². The van der Waals surface area contributed by atoms with E-state index in [0.29, 0.717) is 5.75 Å². The molecule has 116 valence electrons. The van der Waals surface area contributed by atoms with E-state index in [1.165, 1.54) is 0 Å². The van der Waals surface area contributed by atoms with Crippen LogP contribution in [0.5, 0.6) is 11.5 Å². The molecule has 0 saturated heterocycles. The molecule has 0 aromatic heterocycles. The van der Waals surface area contributed by atoms with Crippen LogP contribution in [0, 0.1) is 13.8 Å². The molecule has 22 heavy (non-hydrogen) atoms. The molecular formula is C16H17NO4S. The van der Waals surface area contributed by atoms with Crippen LogP contribution in [-0.2, 0) is 16.8 Å². The first kappa shape index (κ1) is 14.9. The Morgan fingerprint density at radius 2 is 1.86 bits per heavy atom. The Morgan fingerprint density at radius 1 is 1.18 bits per heavy atom. The second kappa shape index (κ2) is 5.30. The first-order chi connectivity index (χ1) is 10.4. The Balaban J connectivity index is 2.18. The lowest BCUT2D eigenvalue weighted by atomic mass is 9.97. The van der Waals surface area contributed by atoms with Crippen molar-refractivity contribution in [2.75, 3.05) is 7.11 Å². The van der Waals surface area contributed by atoms with Crippen molar-refractivity contribution in [3.05, 3.63) is 47.0 Å². The van der Waals surface area contributed by atoms with E-state index in [1.807, 2.05) is 44.2 Å². The first-order valence-electron chi connectivity index (χ1n) is 6.88. The van der Waals surface area contributed by atoms with E-state index < -0.39 is 10.3 Å².